The molecule has 1 heterocycles. The summed E-state index contributed by atoms with van der Waals surface area (Å²) in [5, 5.41) is 5.86. The van der Waals surface area contributed by atoms with Gasteiger partial charge in [0.1, 0.15) is 18.2 Å². The predicted molar refractivity (Wildman–Crippen MR) is 115 cm³/mol. The number of ether oxygens (including phenoxy) is 1. The van der Waals surface area contributed by atoms with Crippen molar-refractivity contribution in [3.05, 3.63) is 30.1 Å². The fraction of sp³-hybridized carbons (Fsp3) is 0.636. The highest BCUT2D eigenvalue weighted by atomic mass is 19.1. The Morgan fingerprint density at radius 3 is 2.40 bits per heavy atom. The number of piperidine rings is 1. The Morgan fingerprint density at radius 2 is 1.77 bits per heavy atom. The van der Waals surface area contributed by atoms with E-state index in [0.29, 0.717) is 51.4 Å². The van der Waals surface area contributed by atoms with Crippen molar-refractivity contribution in [3.8, 4) is 5.75 Å². The van der Waals surface area contributed by atoms with Crippen LogP contribution in [0.5, 0.6) is 5.75 Å². The molecule has 3 amide bonds. The number of halogens is 1. The zero-order valence-corrected chi connectivity index (χ0v) is 18.2. The first-order valence-electron chi connectivity index (χ1n) is 10.9. The van der Waals surface area contributed by atoms with Gasteiger partial charge in [0.25, 0.3) is 0 Å². The zero-order valence-electron chi connectivity index (χ0n) is 18.2. The van der Waals surface area contributed by atoms with E-state index in [0.717, 1.165) is 26.1 Å². The van der Waals surface area contributed by atoms with Crippen LogP contribution in [0, 0.1) is 11.7 Å². The van der Waals surface area contributed by atoms with Crippen molar-refractivity contribution in [1.82, 2.24) is 20.4 Å². The summed E-state index contributed by atoms with van der Waals surface area (Å²) in [6, 6.07) is 5.63. The molecule has 7 nitrogen and oxygen atoms in total. The standard InChI is InChI=1S/C22H35FN4O3/c1-3-26(4-2)14-5-12-24-21(28)18-10-15-27(16-11-18)22(29)25-13-17-30-20-8-6-19(23)7-9-20/h6-9,18H,3-5,10-17H2,1-2H3,(H,24,28)(H,25,29). The van der Waals surface area contributed by atoms with E-state index >= 15 is 0 Å². The number of nitrogens with zero attached hydrogens (tertiary/aromatic N) is 2. The maximum absolute atomic E-state index is 12.9. The van der Waals surface area contributed by atoms with Crippen LogP contribution in [0.1, 0.15) is 33.1 Å². The molecule has 0 bridgehead atoms. The molecule has 1 saturated heterocycles. The van der Waals surface area contributed by atoms with Crippen LogP contribution in [0.25, 0.3) is 0 Å². The van der Waals surface area contributed by atoms with E-state index in [-0.39, 0.29) is 23.7 Å². The molecular formula is C22H35FN4O3. The third-order valence-electron chi connectivity index (χ3n) is 5.46. The van der Waals surface area contributed by atoms with Crippen LogP contribution in [-0.2, 0) is 4.79 Å². The molecule has 8 heteroatoms. The first-order chi connectivity index (χ1) is 14.5. The molecule has 0 radical (unpaired) electrons. The lowest BCUT2D eigenvalue weighted by atomic mass is 9.96. The minimum atomic E-state index is -0.313. The summed E-state index contributed by atoms with van der Waals surface area (Å²) in [6.07, 6.45) is 2.32. The molecule has 1 aliphatic rings. The fourth-order valence-electron chi connectivity index (χ4n) is 3.51. The van der Waals surface area contributed by atoms with Crippen molar-refractivity contribution in [2.45, 2.75) is 33.1 Å². The second-order valence-electron chi connectivity index (χ2n) is 7.47. The summed E-state index contributed by atoms with van der Waals surface area (Å²) < 4.78 is 18.3. The van der Waals surface area contributed by atoms with Crippen LogP contribution in [0.15, 0.2) is 24.3 Å². The average Bonchev–Trinajstić information content (AvgIpc) is 2.78. The van der Waals surface area contributed by atoms with Crippen LogP contribution < -0.4 is 15.4 Å². The molecule has 0 spiro atoms. The van der Waals surface area contributed by atoms with E-state index in [2.05, 4.69) is 29.4 Å². The van der Waals surface area contributed by atoms with Gasteiger partial charge in [-0.1, -0.05) is 13.8 Å². The maximum atomic E-state index is 12.9. The minimum absolute atomic E-state index is 0.0238. The molecule has 0 aromatic heterocycles. The molecule has 0 atom stereocenters. The van der Waals surface area contributed by atoms with Crippen molar-refractivity contribution in [2.24, 2.45) is 5.92 Å². The van der Waals surface area contributed by atoms with Gasteiger partial charge in [-0.25, -0.2) is 9.18 Å². The average molecular weight is 423 g/mol. The smallest absolute Gasteiger partial charge is 0.317 e. The molecule has 30 heavy (non-hydrogen) atoms. The number of likely N-dealkylation sites (tertiary alicyclic amines) is 1. The molecule has 1 aliphatic heterocycles. The molecule has 0 aliphatic carbocycles. The molecule has 1 aromatic rings. The highest BCUT2D eigenvalue weighted by Gasteiger charge is 2.26. The number of nitrogens with one attached hydrogen (secondary N) is 2. The topological polar surface area (TPSA) is 73.9 Å². The van der Waals surface area contributed by atoms with E-state index in [1.165, 1.54) is 12.1 Å². The van der Waals surface area contributed by atoms with Crippen molar-refractivity contribution in [3.63, 3.8) is 0 Å². The molecule has 1 aromatic carbocycles. The molecule has 0 saturated carbocycles. The van der Waals surface area contributed by atoms with E-state index in [9.17, 15) is 14.0 Å². The van der Waals surface area contributed by atoms with Gasteiger partial charge in [0.2, 0.25) is 5.91 Å². The van der Waals surface area contributed by atoms with Crippen molar-refractivity contribution in [2.75, 3.05) is 52.4 Å². The van der Waals surface area contributed by atoms with Crippen molar-refractivity contribution < 1.29 is 18.7 Å². The third-order valence-corrected chi connectivity index (χ3v) is 5.46. The predicted octanol–water partition coefficient (Wildman–Crippen LogP) is 2.47. The van der Waals surface area contributed by atoms with Crippen LogP contribution in [-0.4, -0.2) is 74.2 Å². The number of carbonyl (C=O) groups is 2. The lowest BCUT2D eigenvalue weighted by Crippen LogP contribution is -2.47. The largest absolute Gasteiger partial charge is 0.492 e. The highest BCUT2D eigenvalue weighted by molar-refractivity contribution is 5.79. The van der Waals surface area contributed by atoms with Gasteiger partial charge in [-0.2, -0.15) is 0 Å². The third kappa shape index (κ3) is 8.18. The Kier molecular flexibility index (Phi) is 10.4. The Hall–Kier alpha value is -2.35. The SMILES string of the molecule is CCN(CC)CCCNC(=O)C1CCN(C(=O)NCCOc2ccc(F)cc2)CC1. The van der Waals surface area contributed by atoms with Crippen LogP contribution in [0.2, 0.25) is 0 Å². The highest BCUT2D eigenvalue weighted by Crippen LogP contribution is 2.17. The van der Waals surface area contributed by atoms with Gasteiger partial charge >= 0.3 is 6.03 Å². The summed E-state index contributed by atoms with van der Waals surface area (Å²) in [5.41, 5.74) is 0. The molecule has 2 N–H and O–H groups in total. The molecule has 168 valence electrons. The Bertz CT molecular complexity index is 644. The van der Waals surface area contributed by atoms with E-state index in [4.69, 9.17) is 4.74 Å². The van der Waals surface area contributed by atoms with Gasteiger partial charge in [-0.3, -0.25) is 4.79 Å². The van der Waals surface area contributed by atoms with Gasteiger partial charge in [0.05, 0.1) is 6.54 Å². The van der Waals surface area contributed by atoms with Gasteiger partial charge in [0, 0.05) is 25.6 Å². The number of benzene rings is 1. The second-order valence-corrected chi connectivity index (χ2v) is 7.47. The number of urea groups is 1. The maximum Gasteiger partial charge on any atom is 0.317 e. The lowest BCUT2D eigenvalue weighted by molar-refractivity contribution is -0.126. The summed E-state index contributed by atoms with van der Waals surface area (Å²) in [6.45, 7) is 9.86. The first-order valence-corrected chi connectivity index (χ1v) is 10.9. The number of carbonyl (C=O) groups excluding carboxylic acids is 2. The number of rotatable bonds is 11. The van der Waals surface area contributed by atoms with Gasteiger partial charge in [0.15, 0.2) is 0 Å². The summed E-state index contributed by atoms with van der Waals surface area (Å²) in [4.78, 5) is 28.7. The van der Waals surface area contributed by atoms with Crippen LogP contribution in [0.3, 0.4) is 0 Å². The van der Waals surface area contributed by atoms with E-state index in [1.54, 1.807) is 17.0 Å². The van der Waals surface area contributed by atoms with Gasteiger partial charge in [-0.05, 0) is 63.2 Å². The normalized spacial score (nSPS) is 14.6. The van der Waals surface area contributed by atoms with Gasteiger partial charge in [-0.15, -0.1) is 0 Å². The quantitative estimate of drug-likeness (QED) is 0.538. The fourth-order valence-corrected chi connectivity index (χ4v) is 3.51. The second kappa shape index (κ2) is 13.1. The minimum Gasteiger partial charge on any atom is -0.492 e. The van der Waals surface area contributed by atoms with E-state index < -0.39 is 0 Å². The van der Waals surface area contributed by atoms with Crippen LogP contribution in [0.4, 0.5) is 9.18 Å². The summed E-state index contributed by atoms with van der Waals surface area (Å²) in [5.74, 6) is 0.327. The summed E-state index contributed by atoms with van der Waals surface area (Å²) in [7, 11) is 0. The van der Waals surface area contributed by atoms with Crippen molar-refractivity contribution >= 4 is 11.9 Å². The Labute approximate surface area is 178 Å². The Morgan fingerprint density at radius 1 is 1.10 bits per heavy atom. The van der Waals surface area contributed by atoms with E-state index in [1.807, 2.05) is 0 Å². The zero-order chi connectivity index (χ0) is 21.8. The number of amides is 3. The molecular weight excluding hydrogens is 387 g/mol. The Balaban J connectivity index is 1.57. The lowest BCUT2D eigenvalue weighted by Gasteiger charge is -2.31. The van der Waals surface area contributed by atoms with Crippen molar-refractivity contribution in [1.29, 1.82) is 0 Å². The van der Waals surface area contributed by atoms with Gasteiger partial charge < -0.3 is 25.2 Å². The molecule has 0 unspecified atom stereocenters. The number of hydrogen-bond acceptors (Lipinski definition) is 4. The first kappa shape index (κ1) is 23.9. The van der Waals surface area contributed by atoms with Crippen LogP contribution >= 0.6 is 0 Å². The summed E-state index contributed by atoms with van der Waals surface area (Å²) >= 11 is 0. The number of hydrogen-bond donors (Lipinski definition) is 2. The monoisotopic (exact) mass is 422 g/mol. The molecule has 2 rings (SSSR count). The molecule has 1 fully saturated rings.